The van der Waals surface area contributed by atoms with Crippen molar-refractivity contribution < 1.29 is 27.9 Å². The first-order chi connectivity index (χ1) is 13.3. The van der Waals surface area contributed by atoms with E-state index in [1.54, 1.807) is 39.0 Å². The highest BCUT2D eigenvalue weighted by molar-refractivity contribution is 9.10. The molecule has 1 amide bonds. The van der Waals surface area contributed by atoms with Gasteiger partial charge in [-0.25, -0.2) is 4.79 Å². The Morgan fingerprint density at radius 2 is 1.89 bits per heavy atom. The van der Waals surface area contributed by atoms with Crippen LogP contribution in [0.15, 0.2) is 43.9 Å². The molecule has 1 aromatic rings. The van der Waals surface area contributed by atoms with E-state index in [9.17, 15) is 14.2 Å². The molecule has 0 fully saturated rings. The number of nitrogens with zero attached hydrogens (tertiary/aromatic N) is 2. The zero-order chi connectivity index (χ0) is 20.5. The van der Waals surface area contributed by atoms with Crippen molar-refractivity contribution in [3.63, 3.8) is 0 Å². The highest BCUT2D eigenvalue weighted by atomic mass is 79.9. The fourth-order valence-electron chi connectivity index (χ4n) is 3.14. The van der Waals surface area contributed by atoms with Gasteiger partial charge in [0.2, 0.25) is 5.54 Å². The Hall–Kier alpha value is -1.87. The van der Waals surface area contributed by atoms with Crippen LogP contribution in [0.25, 0.3) is 0 Å². The van der Waals surface area contributed by atoms with Crippen LogP contribution in [0.4, 0.5) is 5.69 Å². The molecule has 1 atom stereocenters. The van der Waals surface area contributed by atoms with Crippen LogP contribution in [-0.4, -0.2) is 31.7 Å². The van der Waals surface area contributed by atoms with E-state index in [2.05, 4.69) is 31.5 Å². The quantitative estimate of drug-likeness (QED) is 0.472. The highest BCUT2D eigenvalue weighted by Crippen LogP contribution is 2.63. The van der Waals surface area contributed by atoms with E-state index >= 15 is 0 Å². The lowest BCUT2D eigenvalue weighted by atomic mass is 9.85. The van der Waals surface area contributed by atoms with E-state index in [4.69, 9.17) is 13.8 Å². The molecule has 1 N–H and O–H groups in total. The van der Waals surface area contributed by atoms with Gasteiger partial charge in [-0.15, -0.1) is 5.11 Å². The van der Waals surface area contributed by atoms with Crippen LogP contribution in [0.5, 0.6) is 0 Å². The number of hydrogen-bond acceptors (Lipinski definition) is 8. The average Bonchev–Trinajstić information content (AvgIpc) is 3.16. The van der Waals surface area contributed by atoms with Crippen LogP contribution >= 0.6 is 23.5 Å². The Labute approximate surface area is 170 Å². The van der Waals surface area contributed by atoms with Crippen molar-refractivity contribution in [3.8, 4) is 0 Å². The minimum atomic E-state index is -4.00. The third-order valence-corrected chi connectivity index (χ3v) is 6.69. The molecular formula is C17H19BrN3O6P. The van der Waals surface area contributed by atoms with E-state index in [0.717, 1.165) is 4.47 Å². The minimum absolute atomic E-state index is 0.0497. The van der Waals surface area contributed by atoms with Crippen LogP contribution < -0.4 is 5.32 Å². The molecule has 28 heavy (non-hydrogen) atoms. The minimum Gasteiger partial charge on any atom is -0.462 e. The summed E-state index contributed by atoms with van der Waals surface area (Å²) in [5.41, 5.74) is -1.49. The molecule has 9 nitrogen and oxygen atoms in total. The van der Waals surface area contributed by atoms with E-state index in [1.165, 1.54) is 0 Å². The number of anilines is 1. The first-order valence-corrected chi connectivity index (χ1v) is 11.0. The van der Waals surface area contributed by atoms with Gasteiger partial charge in [0.25, 0.3) is 5.91 Å². The maximum Gasteiger partial charge on any atom is 0.382 e. The van der Waals surface area contributed by atoms with Gasteiger partial charge >= 0.3 is 13.6 Å². The largest absolute Gasteiger partial charge is 0.462 e. The molecule has 2 aliphatic heterocycles. The van der Waals surface area contributed by atoms with Crippen LogP contribution in [0.2, 0.25) is 0 Å². The van der Waals surface area contributed by atoms with Crippen molar-refractivity contribution in [3.05, 3.63) is 39.2 Å². The zero-order valence-corrected chi connectivity index (χ0v) is 18.0. The second-order valence-electron chi connectivity index (χ2n) is 5.81. The number of benzene rings is 1. The van der Waals surface area contributed by atoms with Gasteiger partial charge in [-0.1, -0.05) is 22.0 Å². The SMILES string of the molecule is CCOC(=O)C1=C(P(=O)(OCC)OCC)N=NC12C(=O)Nc1cc(Br)ccc12. The summed E-state index contributed by atoms with van der Waals surface area (Å²) in [6.07, 6.45) is 0. The fourth-order valence-corrected chi connectivity index (χ4v) is 5.18. The van der Waals surface area contributed by atoms with Crippen LogP contribution in [0.3, 0.4) is 0 Å². The Bertz CT molecular complexity index is 937. The smallest absolute Gasteiger partial charge is 0.382 e. The maximum atomic E-state index is 13.3. The Balaban J connectivity index is 2.28. The third kappa shape index (κ3) is 3.14. The molecule has 0 saturated carbocycles. The maximum absolute atomic E-state index is 13.3. The summed E-state index contributed by atoms with van der Waals surface area (Å²) in [6.45, 7) is 5.04. The van der Waals surface area contributed by atoms with Crippen molar-refractivity contribution in [1.82, 2.24) is 0 Å². The van der Waals surface area contributed by atoms with E-state index in [0.29, 0.717) is 11.3 Å². The van der Waals surface area contributed by atoms with E-state index < -0.39 is 25.0 Å². The van der Waals surface area contributed by atoms with E-state index in [-0.39, 0.29) is 30.8 Å². The summed E-state index contributed by atoms with van der Waals surface area (Å²) in [5, 5.41) is 10.8. The lowest BCUT2D eigenvalue weighted by Crippen LogP contribution is -2.37. The normalized spacial score (nSPS) is 20.6. The summed E-state index contributed by atoms with van der Waals surface area (Å²) in [6, 6.07) is 5.04. The molecule has 1 aromatic carbocycles. The van der Waals surface area contributed by atoms with Crippen LogP contribution in [0.1, 0.15) is 26.3 Å². The lowest BCUT2D eigenvalue weighted by Gasteiger charge is -2.22. The summed E-state index contributed by atoms with van der Waals surface area (Å²) < 4.78 is 29.9. The van der Waals surface area contributed by atoms with Crippen molar-refractivity contribution >= 4 is 41.1 Å². The average molecular weight is 472 g/mol. The lowest BCUT2D eigenvalue weighted by molar-refractivity contribution is -0.140. The van der Waals surface area contributed by atoms with Gasteiger partial charge < -0.3 is 19.1 Å². The van der Waals surface area contributed by atoms with Gasteiger partial charge in [-0.05, 0) is 32.9 Å². The molecule has 2 heterocycles. The molecule has 0 saturated heterocycles. The Morgan fingerprint density at radius 1 is 1.21 bits per heavy atom. The molecule has 0 aromatic heterocycles. The molecule has 3 rings (SSSR count). The molecule has 0 radical (unpaired) electrons. The molecular weight excluding hydrogens is 453 g/mol. The number of halogens is 1. The molecule has 1 spiro atoms. The Kier molecular flexibility index (Phi) is 5.86. The third-order valence-electron chi connectivity index (χ3n) is 4.17. The number of carbonyl (C=O) groups is 2. The number of fused-ring (bicyclic) bond motifs is 2. The summed E-state index contributed by atoms with van der Waals surface area (Å²) >= 11 is 3.34. The van der Waals surface area contributed by atoms with Gasteiger partial charge in [0.05, 0.1) is 19.8 Å². The van der Waals surface area contributed by atoms with Crippen molar-refractivity contribution in [1.29, 1.82) is 0 Å². The number of carbonyl (C=O) groups excluding carboxylic acids is 2. The van der Waals surface area contributed by atoms with Gasteiger partial charge in [0.15, 0.2) is 5.44 Å². The molecule has 0 bridgehead atoms. The second kappa shape index (κ2) is 7.87. The predicted molar refractivity (Wildman–Crippen MR) is 104 cm³/mol. The van der Waals surface area contributed by atoms with Crippen LogP contribution in [0, 0.1) is 0 Å². The van der Waals surface area contributed by atoms with Gasteiger partial charge in [0, 0.05) is 15.7 Å². The fraction of sp³-hybridized carbons (Fsp3) is 0.412. The number of nitrogens with one attached hydrogen (secondary N) is 1. The van der Waals surface area contributed by atoms with Crippen LogP contribution in [-0.2, 0) is 33.5 Å². The van der Waals surface area contributed by atoms with Crippen molar-refractivity contribution in [2.24, 2.45) is 10.2 Å². The topological polar surface area (TPSA) is 116 Å². The highest BCUT2D eigenvalue weighted by Gasteiger charge is 2.60. The molecule has 150 valence electrons. The van der Waals surface area contributed by atoms with Gasteiger partial charge in [0.1, 0.15) is 5.57 Å². The molecule has 2 aliphatic rings. The zero-order valence-electron chi connectivity index (χ0n) is 15.5. The van der Waals surface area contributed by atoms with E-state index in [1.807, 2.05) is 0 Å². The standard InChI is InChI=1S/C17H19BrN3O6P/c1-4-25-15(22)13-14(28(24,26-5-2)27-6-3)20-21-17(13)11-8-7-10(18)9-12(11)19-16(17)23/h7-9H,4-6H2,1-3H3,(H,19,23). The number of hydrogen-bond donors (Lipinski definition) is 1. The number of azo groups is 1. The van der Waals surface area contributed by atoms with Gasteiger partial charge in [-0.3, -0.25) is 9.36 Å². The molecule has 1 unspecified atom stereocenters. The summed E-state index contributed by atoms with van der Waals surface area (Å²) in [5.74, 6) is -1.45. The second-order valence-corrected chi connectivity index (χ2v) is 8.66. The number of rotatable bonds is 7. The number of esters is 1. The first-order valence-electron chi connectivity index (χ1n) is 8.70. The predicted octanol–water partition coefficient (Wildman–Crippen LogP) is 4.10. The van der Waals surface area contributed by atoms with Gasteiger partial charge in [-0.2, -0.15) is 5.11 Å². The van der Waals surface area contributed by atoms with Crippen molar-refractivity contribution in [2.75, 3.05) is 25.1 Å². The first kappa shape index (κ1) is 20.9. The summed E-state index contributed by atoms with van der Waals surface area (Å²) in [4.78, 5) is 25.9. The molecule has 0 aliphatic carbocycles. The van der Waals surface area contributed by atoms with Crippen molar-refractivity contribution in [2.45, 2.75) is 26.3 Å². The number of ether oxygens (including phenoxy) is 1. The number of amides is 1. The summed E-state index contributed by atoms with van der Waals surface area (Å²) in [7, 11) is -4.00. The molecule has 11 heteroatoms. The Morgan fingerprint density at radius 3 is 2.50 bits per heavy atom. The monoisotopic (exact) mass is 471 g/mol.